The number of benzene rings is 1. The van der Waals surface area contributed by atoms with Crippen molar-refractivity contribution >= 4 is 38.7 Å². The normalized spacial score (nSPS) is 12.0. The summed E-state index contributed by atoms with van der Waals surface area (Å²) >= 11 is 0. The summed E-state index contributed by atoms with van der Waals surface area (Å²) in [5.74, 6) is -3.02. The average molecular weight is 455 g/mol. The van der Waals surface area contributed by atoms with Gasteiger partial charge in [0.05, 0.1) is 22.2 Å². The molecule has 1 heterocycles. The van der Waals surface area contributed by atoms with Gasteiger partial charge < -0.3 is 19.8 Å². The first-order valence-electron chi connectivity index (χ1n) is 9.47. The summed E-state index contributed by atoms with van der Waals surface area (Å²) in [6, 6.07) is 4.82. The maximum atomic E-state index is 12.5. The highest BCUT2D eigenvalue weighted by Crippen LogP contribution is 2.34. The van der Waals surface area contributed by atoms with E-state index in [-0.39, 0.29) is 29.7 Å². The molecule has 1 aromatic carbocycles. The number of carbonyl (C=O) groups is 3. The van der Waals surface area contributed by atoms with Crippen LogP contribution in [0.25, 0.3) is 10.9 Å². The van der Waals surface area contributed by atoms with Gasteiger partial charge in [-0.25, -0.2) is 4.79 Å². The summed E-state index contributed by atoms with van der Waals surface area (Å²) in [5.41, 5.74) is 5.38. The van der Waals surface area contributed by atoms with Crippen molar-refractivity contribution in [2.45, 2.75) is 46.3 Å². The number of nitrogens with zero attached hydrogens (tertiary/aromatic N) is 1. The molecule has 170 valence electrons. The number of ether oxygens (including phenoxy) is 2. The number of esters is 1. The van der Waals surface area contributed by atoms with Gasteiger partial charge in [-0.2, -0.15) is 8.42 Å². The van der Waals surface area contributed by atoms with Crippen molar-refractivity contribution in [1.29, 1.82) is 0 Å². The molecule has 3 N–H and O–H groups in total. The molecule has 0 radical (unpaired) electrons. The number of amides is 1. The van der Waals surface area contributed by atoms with Gasteiger partial charge in [-0.05, 0) is 46.2 Å². The molecule has 1 amide bonds. The van der Waals surface area contributed by atoms with Crippen LogP contribution in [0.15, 0.2) is 18.2 Å². The maximum absolute atomic E-state index is 12.5. The van der Waals surface area contributed by atoms with Crippen molar-refractivity contribution in [1.82, 2.24) is 4.57 Å². The summed E-state index contributed by atoms with van der Waals surface area (Å²) < 4.78 is 43.5. The monoisotopic (exact) mass is 454 g/mol. The number of ketones is 1. The Balaban J connectivity index is 2.49. The summed E-state index contributed by atoms with van der Waals surface area (Å²) in [7, 11) is -4.16. The van der Waals surface area contributed by atoms with Gasteiger partial charge in [0.1, 0.15) is 11.4 Å². The van der Waals surface area contributed by atoms with Gasteiger partial charge in [-0.3, -0.25) is 14.1 Å². The van der Waals surface area contributed by atoms with E-state index < -0.39 is 45.7 Å². The second kappa shape index (κ2) is 9.06. The standard InChI is InChI=1S/C20H26N2O8S/c1-12-16(18(24)19(21)25)17-13(22(12)9-6-10-31(26,27)28)7-5-8-14(17)29-11-15(23)30-20(2,3)4/h5,7-8H,6,9-11H2,1-4H3,(H2,21,25)(H,26,27,28). The van der Waals surface area contributed by atoms with E-state index in [9.17, 15) is 22.8 Å². The van der Waals surface area contributed by atoms with Gasteiger partial charge in [-0.1, -0.05) is 6.07 Å². The number of rotatable bonds is 9. The fourth-order valence-electron chi connectivity index (χ4n) is 3.21. The molecule has 11 heteroatoms. The number of carbonyl (C=O) groups excluding carboxylic acids is 3. The number of primary amides is 1. The van der Waals surface area contributed by atoms with E-state index in [1.54, 1.807) is 44.4 Å². The number of hydrogen-bond donors (Lipinski definition) is 2. The Hall–Kier alpha value is -2.92. The minimum Gasteiger partial charge on any atom is -0.481 e. The number of fused-ring (bicyclic) bond motifs is 1. The molecule has 0 aliphatic carbocycles. The van der Waals surface area contributed by atoms with E-state index >= 15 is 0 Å². The molecule has 0 atom stereocenters. The number of Topliss-reactive ketones (excluding diaryl/α,β-unsaturated/α-hetero) is 1. The van der Waals surface area contributed by atoms with Gasteiger partial charge >= 0.3 is 5.97 Å². The minimum atomic E-state index is -4.16. The fraction of sp³-hybridized carbons (Fsp3) is 0.450. The summed E-state index contributed by atoms with van der Waals surface area (Å²) in [5, 5.41) is 0.277. The molecule has 31 heavy (non-hydrogen) atoms. The number of hydrogen-bond acceptors (Lipinski definition) is 7. The third kappa shape index (κ3) is 6.28. The molecule has 0 aliphatic rings. The Bertz CT molecular complexity index is 1130. The Morgan fingerprint density at radius 1 is 1.19 bits per heavy atom. The van der Waals surface area contributed by atoms with E-state index in [2.05, 4.69) is 0 Å². The Morgan fingerprint density at radius 2 is 1.84 bits per heavy atom. The Morgan fingerprint density at radius 3 is 2.39 bits per heavy atom. The molecule has 0 aliphatic heterocycles. The molecule has 1 aromatic heterocycles. The number of aromatic nitrogens is 1. The highest BCUT2D eigenvalue weighted by Gasteiger charge is 2.26. The van der Waals surface area contributed by atoms with Crippen LogP contribution in [0.3, 0.4) is 0 Å². The van der Waals surface area contributed by atoms with Crippen LogP contribution < -0.4 is 10.5 Å². The van der Waals surface area contributed by atoms with E-state index in [0.29, 0.717) is 11.2 Å². The molecule has 0 fully saturated rings. The minimum absolute atomic E-state index is 0.00847. The number of nitrogens with two attached hydrogens (primary N) is 1. The lowest BCUT2D eigenvalue weighted by molar-refractivity contribution is -0.157. The maximum Gasteiger partial charge on any atom is 0.344 e. The summed E-state index contributed by atoms with van der Waals surface area (Å²) in [4.78, 5) is 36.2. The van der Waals surface area contributed by atoms with Crippen molar-refractivity contribution in [2.75, 3.05) is 12.4 Å². The summed E-state index contributed by atoms with van der Waals surface area (Å²) in [6.45, 7) is 6.44. The van der Waals surface area contributed by atoms with E-state index in [1.165, 1.54) is 6.07 Å². The first-order valence-corrected chi connectivity index (χ1v) is 11.1. The molecular weight excluding hydrogens is 428 g/mol. The topological polar surface area (TPSA) is 155 Å². The zero-order valence-electron chi connectivity index (χ0n) is 17.8. The van der Waals surface area contributed by atoms with Gasteiger partial charge in [0, 0.05) is 12.2 Å². The predicted molar refractivity (Wildman–Crippen MR) is 113 cm³/mol. The Labute approximate surface area is 180 Å². The van der Waals surface area contributed by atoms with Crippen molar-refractivity contribution in [3.05, 3.63) is 29.5 Å². The lowest BCUT2D eigenvalue weighted by Gasteiger charge is -2.19. The van der Waals surface area contributed by atoms with E-state index in [1.807, 2.05) is 0 Å². The highest BCUT2D eigenvalue weighted by atomic mass is 32.2. The molecule has 0 spiro atoms. The molecule has 0 unspecified atom stereocenters. The van der Waals surface area contributed by atoms with Crippen molar-refractivity contribution in [3.8, 4) is 5.75 Å². The van der Waals surface area contributed by atoms with Crippen LogP contribution >= 0.6 is 0 Å². The molecule has 0 saturated carbocycles. The van der Waals surface area contributed by atoms with Gasteiger partial charge in [0.2, 0.25) is 0 Å². The van der Waals surface area contributed by atoms with Crippen LogP contribution in [0, 0.1) is 6.92 Å². The predicted octanol–water partition coefficient (Wildman–Crippen LogP) is 1.62. The average Bonchev–Trinajstić information content (AvgIpc) is 2.89. The molecular formula is C20H26N2O8S. The van der Waals surface area contributed by atoms with Crippen molar-refractivity contribution in [2.24, 2.45) is 5.73 Å². The Kier molecular flexibility index (Phi) is 7.12. The SMILES string of the molecule is Cc1c(C(=O)C(N)=O)c2c(OCC(=O)OC(C)(C)C)cccc2n1CCCS(=O)(=O)O. The van der Waals surface area contributed by atoms with Gasteiger partial charge in [-0.15, -0.1) is 0 Å². The number of aryl methyl sites for hydroxylation is 1. The fourth-order valence-corrected chi connectivity index (χ4v) is 3.71. The molecule has 0 bridgehead atoms. The zero-order valence-corrected chi connectivity index (χ0v) is 18.6. The molecule has 10 nitrogen and oxygen atoms in total. The van der Waals surface area contributed by atoms with E-state index in [0.717, 1.165) is 0 Å². The van der Waals surface area contributed by atoms with Crippen LogP contribution in [-0.2, 0) is 31.0 Å². The first-order chi connectivity index (χ1) is 14.2. The first kappa shape index (κ1) is 24.4. The van der Waals surface area contributed by atoms with Gasteiger partial charge in [0.15, 0.2) is 6.61 Å². The third-order valence-corrected chi connectivity index (χ3v) is 5.12. The molecule has 2 rings (SSSR count). The van der Waals surface area contributed by atoms with Crippen LogP contribution in [-0.4, -0.2) is 53.2 Å². The zero-order chi connectivity index (χ0) is 23.6. The van der Waals surface area contributed by atoms with E-state index in [4.69, 9.17) is 19.8 Å². The van der Waals surface area contributed by atoms with Crippen molar-refractivity contribution < 1.29 is 36.8 Å². The van der Waals surface area contributed by atoms with Crippen LogP contribution in [0.2, 0.25) is 0 Å². The summed E-state index contributed by atoms with van der Waals surface area (Å²) in [6.07, 6.45) is 0.0661. The quantitative estimate of drug-likeness (QED) is 0.251. The molecule has 2 aromatic rings. The highest BCUT2D eigenvalue weighted by molar-refractivity contribution is 7.85. The van der Waals surface area contributed by atoms with Crippen LogP contribution in [0.1, 0.15) is 43.2 Å². The lowest BCUT2D eigenvalue weighted by Crippen LogP contribution is -2.27. The smallest absolute Gasteiger partial charge is 0.344 e. The van der Waals surface area contributed by atoms with Crippen molar-refractivity contribution in [3.63, 3.8) is 0 Å². The van der Waals surface area contributed by atoms with Crippen LogP contribution in [0.5, 0.6) is 5.75 Å². The second-order valence-electron chi connectivity index (χ2n) is 7.97. The lowest BCUT2D eigenvalue weighted by atomic mass is 10.1. The molecule has 0 saturated heterocycles. The van der Waals surface area contributed by atoms with Gasteiger partial charge in [0.25, 0.3) is 21.8 Å². The third-order valence-electron chi connectivity index (χ3n) is 4.31. The van der Waals surface area contributed by atoms with Crippen LogP contribution in [0.4, 0.5) is 0 Å². The second-order valence-corrected chi connectivity index (χ2v) is 9.54. The largest absolute Gasteiger partial charge is 0.481 e.